The van der Waals surface area contributed by atoms with Crippen LogP contribution in [-0.4, -0.2) is 48.6 Å². The molecule has 0 amide bonds. The van der Waals surface area contributed by atoms with Gasteiger partial charge in [0.05, 0.1) is 24.3 Å². The molecular weight excluding hydrogens is 288 g/mol. The zero-order chi connectivity index (χ0) is 13.4. The van der Waals surface area contributed by atoms with Gasteiger partial charge in [-0.1, -0.05) is 41.8 Å². The van der Waals surface area contributed by atoms with Crippen LogP contribution in [0.2, 0.25) is 0 Å². The van der Waals surface area contributed by atoms with Gasteiger partial charge in [0.15, 0.2) is 0 Å². The van der Waals surface area contributed by atoms with Crippen LogP contribution in [-0.2, 0) is 9.47 Å². The molecule has 6 nitrogen and oxygen atoms in total. The van der Waals surface area contributed by atoms with Crippen molar-refractivity contribution in [3.8, 4) is 0 Å². The third-order valence-corrected chi connectivity index (χ3v) is 2.02. The molecule has 0 aliphatic heterocycles. The van der Waals surface area contributed by atoms with E-state index in [0.717, 1.165) is 0 Å². The predicted octanol–water partition coefficient (Wildman–Crippen LogP) is 2.53. The minimum Gasteiger partial charge on any atom is -0.460 e. The van der Waals surface area contributed by atoms with Crippen molar-refractivity contribution in [2.45, 2.75) is 29.7 Å². The summed E-state index contributed by atoms with van der Waals surface area (Å²) < 4.78 is 9.45. The molecule has 1 aromatic carbocycles. The molecule has 1 rings (SSSR count). The predicted molar refractivity (Wildman–Crippen MR) is 88.1 cm³/mol. The molecule has 0 spiro atoms. The van der Waals surface area contributed by atoms with E-state index < -0.39 is 11.9 Å². The van der Waals surface area contributed by atoms with Gasteiger partial charge in [-0.05, 0) is 12.1 Å². The van der Waals surface area contributed by atoms with Crippen LogP contribution >= 0.6 is 0 Å². The van der Waals surface area contributed by atoms with Crippen LogP contribution in [0.15, 0.2) is 24.3 Å². The highest BCUT2D eigenvalue weighted by Crippen LogP contribution is 2.11. The van der Waals surface area contributed by atoms with E-state index in [1.165, 1.54) is 12.1 Å². The normalized spacial score (nSPS) is 8.09. The Balaban J connectivity index is -0.000000405. The summed E-state index contributed by atoms with van der Waals surface area (Å²) in [6.07, 6.45) is 0. The molecule has 0 atom stereocenters. The fraction of sp³-hybridized carbons (Fsp3) is 0.500. The summed E-state index contributed by atoms with van der Waals surface area (Å²) >= 11 is 0. The Labute approximate surface area is 133 Å². The zero-order valence-electron chi connectivity index (χ0n) is 9.67. The van der Waals surface area contributed by atoms with Crippen LogP contribution in [0, 0.1) is 0 Å². The Hall–Kier alpha value is -1.92. The van der Waals surface area contributed by atoms with Gasteiger partial charge in [-0.3, -0.25) is 0 Å². The smallest absolute Gasteiger partial charge is 0.339 e. The van der Waals surface area contributed by atoms with Crippen LogP contribution < -0.4 is 0 Å². The largest absolute Gasteiger partial charge is 0.460 e. The monoisotopic (exact) mass is 318 g/mol. The van der Waals surface area contributed by atoms with E-state index in [9.17, 15) is 9.59 Å². The highest BCUT2D eigenvalue weighted by molar-refractivity contribution is 6.03. The Kier molecular flexibility index (Phi) is 19.9. The number of carbonyl (C=O) groups is 2. The maximum Gasteiger partial charge on any atom is 0.339 e. The molecule has 0 saturated carbocycles. The van der Waals surface area contributed by atoms with Crippen molar-refractivity contribution in [2.75, 3.05) is 26.4 Å². The van der Waals surface area contributed by atoms with Crippen LogP contribution in [0.4, 0.5) is 0 Å². The number of carbonyl (C=O) groups excluding carboxylic acids is 2. The molecule has 0 aliphatic carbocycles. The average Bonchev–Trinajstić information content (AvgIpc) is 2.42. The second-order valence-corrected chi connectivity index (χ2v) is 3.26. The Morgan fingerprint density at radius 2 is 1.09 bits per heavy atom. The lowest BCUT2D eigenvalue weighted by atomic mass is 10.1. The maximum absolute atomic E-state index is 11.6. The van der Waals surface area contributed by atoms with E-state index >= 15 is 0 Å². The number of aliphatic hydroxyl groups is 2. The van der Waals surface area contributed by atoms with E-state index in [4.69, 9.17) is 19.7 Å². The molecule has 2 N–H and O–H groups in total. The van der Waals surface area contributed by atoms with Crippen molar-refractivity contribution in [2.24, 2.45) is 0 Å². The van der Waals surface area contributed by atoms with Gasteiger partial charge in [-0.2, -0.15) is 0 Å². The van der Waals surface area contributed by atoms with Gasteiger partial charge in [0.25, 0.3) is 0 Å². The van der Waals surface area contributed by atoms with Gasteiger partial charge in [0.2, 0.25) is 0 Å². The molecule has 6 heteroatoms. The van der Waals surface area contributed by atoms with E-state index in [0.29, 0.717) is 0 Å². The standard InChI is InChI=1S/C12H14O6.4CH4/c13-5-7-17-11(15)9-3-1-2-4-10(9)12(16)18-8-6-14;;;;/h1-4,13-14H,5-8H2;4*1H4. The maximum atomic E-state index is 11.6. The number of rotatable bonds is 6. The van der Waals surface area contributed by atoms with Crippen LogP contribution in [0.5, 0.6) is 0 Å². The first-order chi connectivity index (χ1) is 8.70. The Bertz CT molecular complexity index is 378. The second-order valence-electron chi connectivity index (χ2n) is 3.26. The second kappa shape index (κ2) is 15.5. The quantitative estimate of drug-likeness (QED) is 0.783. The zero-order valence-corrected chi connectivity index (χ0v) is 9.67. The third-order valence-electron chi connectivity index (χ3n) is 2.02. The number of hydrogen-bond donors (Lipinski definition) is 2. The molecule has 22 heavy (non-hydrogen) atoms. The van der Waals surface area contributed by atoms with Gasteiger partial charge in [0, 0.05) is 0 Å². The van der Waals surface area contributed by atoms with E-state index in [1.54, 1.807) is 12.1 Å². The molecule has 0 aromatic heterocycles. The van der Waals surface area contributed by atoms with E-state index in [-0.39, 0.29) is 67.3 Å². The summed E-state index contributed by atoms with van der Waals surface area (Å²) in [5.74, 6) is -1.42. The minimum absolute atomic E-state index is 0. The summed E-state index contributed by atoms with van der Waals surface area (Å²) in [7, 11) is 0. The SMILES string of the molecule is C.C.C.C.O=C(OCCO)c1ccccc1C(=O)OCCO. The molecule has 0 aliphatic rings. The topological polar surface area (TPSA) is 93.1 Å². The highest BCUT2D eigenvalue weighted by atomic mass is 16.5. The Morgan fingerprint density at radius 3 is 1.36 bits per heavy atom. The molecule has 1 aromatic rings. The van der Waals surface area contributed by atoms with Gasteiger partial charge in [0.1, 0.15) is 13.2 Å². The number of aliphatic hydroxyl groups excluding tert-OH is 2. The van der Waals surface area contributed by atoms with Crippen LogP contribution in [0.1, 0.15) is 50.4 Å². The van der Waals surface area contributed by atoms with Gasteiger partial charge >= 0.3 is 11.9 Å². The lowest BCUT2D eigenvalue weighted by Crippen LogP contribution is -2.16. The summed E-state index contributed by atoms with van der Waals surface area (Å²) in [5.41, 5.74) is 0.128. The molecule has 0 heterocycles. The molecular formula is C16H30O6. The lowest BCUT2D eigenvalue weighted by molar-refractivity contribution is 0.0389. The third kappa shape index (κ3) is 8.39. The first-order valence-electron chi connectivity index (χ1n) is 5.35. The summed E-state index contributed by atoms with van der Waals surface area (Å²) in [4.78, 5) is 23.2. The van der Waals surface area contributed by atoms with Crippen molar-refractivity contribution in [1.82, 2.24) is 0 Å². The van der Waals surface area contributed by atoms with Crippen molar-refractivity contribution < 1.29 is 29.3 Å². The van der Waals surface area contributed by atoms with Crippen molar-refractivity contribution >= 4 is 11.9 Å². The summed E-state index contributed by atoms with van der Waals surface area (Å²) in [5, 5.41) is 17.1. The van der Waals surface area contributed by atoms with E-state index in [1.807, 2.05) is 0 Å². The molecule has 0 radical (unpaired) electrons. The first-order valence-corrected chi connectivity index (χ1v) is 5.35. The first kappa shape index (κ1) is 28.3. The summed E-state index contributed by atoms with van der Waals surface area (Å²) in [6.45, 7) is -0.858. The summed E-state index contributed by atoms with van der Waals surface area (Å²) in [6, 6.07) is 6.02. The van der Waals surface area contributed by atoms with Crippen LogP contribution in [0.3, 0.4) is 0 Å². The molecule has 0 fully saturated rings. The highest BCUT2D eigenvalue weighted by Gasteiger charge is 2.18. The van der Waals surface area contributed by atoms with Crippen LogP contribution in [0.25, 0.3) is 0 Å². The fourth-order valence-corrected chi connectivity index (χ4v) is 1.27. The number of esters is 2. The fourth-order valence-electron chi connectivity index (χ4n) is 1.27. The molecule has 130 valence electrons. The molecule has 0 saturated heterocycles. The lowest BCUT2D eigenvalue weighted by Gasteiger charge is -2.08. The van der Waals surface area contributed by atoms with Crippen molar-refractivity contribution in [3.05, 3.63) is 35.4 Å². The average molecular weight is 318 g/mol. The number of benzene rings is 1. The van der Waals surface area contributed by atoms with Gasteiger partial charge < -0.3 is 19.7 Å². The minimum atomic E-state index is -0.708. The number of ether oxygens (including phenoxy) is 2. The van der Waals surface area contributed by atoms with Crippen molar-refractivity contribution in [1.29, 1.82) is 0 Å². The van der Waals surface area contributed by atoms with Gasteiger partial charge in [-0.25, -0.2) is 9.59 Å². The Morgan fingerprint density at radius 1 is 0.773 bits per heavy atom. The van der Waals surface area contributed by atoms with Crippen molar-refractivity contribution in [3.63, 3.8) is 0 Å². The van der Waals surface area contributed by atoms with Gasteiger partial charge in [-0.15, -0.1) is 0 Å². The molecule has 0 bridgehead atoms. The van der Waals surface area contributed by atoms with E-state index in [2.05, 4.69) is 0 Å². The molecule has 0 unspecified atom stereocenters. The number of hydrogen-bond acceptors (Lipinski definition) is 6.